The number of aryl methyl sites for hydroxylation is 3. The summed E-state index contributed by atoms with van der Waals surface area (Å²) in [5.41, 5.74) is 0.464. The van der Waals surface area contributed by atoms with Crippen molar-refractivity contribution in [3.63, 3.8) is 0 Å². The summed E-state index contributed by atoms with van der Waals surface area (Å²) in [6, 6.07) is 3.44. The predicted octanol–water partition coefficient (Wildman–Crippen LogP) is 0.288. The van der Waals surface area contributed by atoms with Crippen LogP contribution in [0.2, 0.25) is 0 Å². The minimum Gasteiger partial charge on any atom is -0.348 e. The van der Waals surface area contributed by atoms with Crippen LogP contribution in [0.25, 0.3) is 0 Å². The fourth-order valence-electron chi connectivity index (χ4n) is 3.00. The second-order valence-electron chi connectivity index (χ2n) is 7.59. The van der Waals surface area contributed by atoms with Gasteiger partial charge in [-0.2, -0.15) is 0 Å². The van der Waals surface area contributed by atoms with Gasteiger partial charge >= 0.3 is 0 Å². The number of rotatable bonds is 8. The van der Waals surface area contributed by atoms with Gasteiger partial charge in [0.2, 0.25) is 11.6 Å². The Morgan fingerprint density at radius 3 is 1.97 bits per heavy atom. The van der Waals surface area contributed by atoms with Crippen molar-refractivity contribution in [3.05, 3.63) is 48.1 Å². The number of carbonyl (C=O) groups excluding carboxylic acids is 3. The molecule has 0 fully saturated rings. The summed E-state index contributed by atoms with van der Waals surface area (Å²) in [5.74, 6) is -0.484. The molecule has 3 rings (SSSR count). The average molecular weight is 441 g/mol. The molecule has 0 aliphatic rings. The maximum atomic E-state index is 12.7. The lowest BCUT2D eigenvalue weighted by atomic mass is 10.4. The first-order chi connectivity index (χ1) is 15.2. The molecule has 0 spiro atoms. The maximum absolute atomic E-state index is 12.7. The van der Waals surface area contributed by atoms with Crippen molar-refractivity contribution in [2.75, 3.05) is 37.8 Å². The van der Waals surface area contributed by atoms with Crippen LogP contribution < -0.4 is 16.0 Å². The van der Waals surface area contributed by atoms with Crippen molar-refractivity contribution in [2.45, 2.75) is 0 Å². The molecule has 170 valence electrons. The van der Waals surface area contributed by atoms with Crippen LogP contribution in [0.4, 0.5) is 11.6 Å². The number of amides is 3. The fourth-order valence-corrected chi connectivity index (χ4v) is 3.00. The Bertz CT molecular complexity index is 1140. The molecule has 3 N–H and O–H groups in total. The predicted molar refractivity (Wildman–Crippen MR) is 119 cm³/mol. The third kappa shape index (κ3) is 5.21. The normalized spacial score (nSPS) is 10.9. The maximum Gasteiger partial charge on any atom is 0.292 e. The minimum atomic E-state index is -0.524. The average Bonchev–Trinajstić information content (AvgIpc) is 3.40. The molecule has 0 radical (unpaired) electrons. The van der Waals surface area contributed by atoms with Gasteiger partial charge in [0.15, 0.2) is 11.6 Å². The molecular formula is C20H27N9O3. The van der Waals surface area contributed by atoms with Crippen LogP contribution in [-0.2, 0) is 21.1 Å². The smallest absolute Gasteiger partial charge is 0.292 e. The second kappa shape index (κ2) is 9.47. The molecule has 0 saturated carbocycles. The molecule has 3 amide bonds. The van der Waals surface area contributed by atoms with E-state index in [0.717, 1.165) is 0 Å². The quantitative estimate of drug-likeness (QED) is 0.460. The van der Waals surface area contributed by atoms with Crippen LogP contribution in [-0.4, -0.2) is 73.5 Å². The standard InChI is InChI=1S/C20H27N9O3/c1-26(2)10-8-21-19(31)16-22-15(12-28(16)4)25-20(32)17-23-14(11-29(17)5)24-18(30)13-7-6-9-27(13)3/h6-7,9,11-12H,8,10H2,1-5H3,(H,21,31)(H,24,30)(H,25,32). The molecule has 0 aliphatic heterocycles. The van der Waals surface area contributed by atoms with E-state index in [0.29, 0.717) is 18.8 Å². The van der Waals surface area contributed by atoms with Gasteiger partial charge < -0.3 is 34.6 Å². The van der Waals surface area contributed by atoms with E-state index in [1.807, 2.05) is 19.0 Å². The van der Waals surface area contributed by atoms with Crippen molar-refractivity contribution < 1.29 is 14.4 Å². The van der Waals surface area contributed by atoms with Gasteiger partial charge in [-0.25, -0.2) is 9.97 Å². The zero-order chi connectivity index (χ0) is 23.4. The molecule has 0 aromatic carbocycles. The first kappa shape index (κ1) is 22.7. The van der Waals surface area contributed by atoms with Gasteiger partial charge in [0.05, 0.1) is 0 Å². The Balaban J connectivity index is 1.65. The molecule has 3 aromatic rings. The SMILES string of the molecule is CN(C)CCNC(=O)c1nc(NC(=O)c2nc(NC(=O)c3cccn3C)cn2C)cn1C. The van der Waals surface area contributed by atoms with Crippen LogP contribution in [0.3, 0.4) is 0 Å². The molecule has 12 heteroatoms. The fraction of sp³-hybridized carbons (Fsp3) is 0.350. The summed E-state index contributed by atoms with van der Waals surface area (Å²) in [6.07, 6.45) is 4.84. The van der Waals surface area contributed by atoms with Crippen LogP contribution in [0.5, 0.6) is 0 Å². The topological polar surface area (TPSA) is 131 Å². The second-order valence-corrected chi connectivity index (χ2v) is 7.59. The summed E-state index contributed by atoms with van der Waals surface area (Å²) < 4.78 is 4.71. The molecule has 3 heterocycles. The Kier molecular flexibility index (Phi) is 6.73. The number of anilines is 2. The van der Waals surface area contributed by atoms with Gasteiger partial charge in [-0.1, -0.05) is 0 Å². The third-order valence-corrected chi connectivity index (χ3v) is 4.66. The van der Waals surface area contributed by atoms with Crippen LogP contribution in [0.15, 0.2) is 30.7 Å². The van der Waals surface area contributed by atoms with Gasteiger partial charge in [0.25, 0.3) is 17.7 Å². The zero-order valence-electron chi connectivity index (χ0n) is 18.7. The highest BCUT2D eigenvalue weighted by Crippen LogP contribution is 2.13. The molecule has 0 aliphatic carbocycles. The van der Waals surface area contributed by atoms with Gasteiger partial charge in [0, 0.05) is 52.8 Å². The molecular weight excluding hydrogens is 414 g/mol. The Morgan fingerprint density at radius 1 is 0.875 bits per heavy atom. The van der Waals surface area contributed by atoms with Crippen LogP contribution in [0.1, 0.15) is 31.7 Å². The van der Waals surface area contributed by atoms with Crippen molar-refractivity contribution in [1.29, 1.82) is 0 Å². The lowest BCUT2D eigenvalue weighted by Crippen LogP contribution is -2.32. The lowest BCUT2D eigenvalue weighted by molar-refractivity contribution is 0.0935. The lowest BCUT2D eigenvalue weighted by Gasteiger charge is -2.09. The molecule has 0 atom stereocenters. The summed E-state index contributed by atoms with van der Waals surface area (Å²) >= 11 is 0. The molecule has 3 aromatic heterocycles. The number of nitrogens with zero attached hydrogens (tertiary/aromatic N) is 6. The highest BCUT2D eigenvalue weighted by Gasteiger charge is 2.19. The van der Waals surface area contributed by atoms with Crippen molar-refractivity contribution >= 4 is 29.4 Å². The number of hydrogen-bond donors (Lipinski definition) is 3. The van der Waals surface area contributed by atoms with Crippen molar-refractivity contribution in [1.82, 2.24) is 33.9 Å². The number of nitrogens with one attached hydrogen (secondary N) is 3. The first-order valence-electron chi connectivity index (χ1n) is 9.89. The summed E-state index contributed by atoms with van der Waals surface area (Å²) in [7, 11) is 8.90. The summed E-state index contributed by atoms with van der Waals surface area (Å²) in [6.45, 7) is 1.17. The van der Waals surface area contributed by atoms with Gasteiger partial charge in [-0.15, -0.1) is 0 Å². The van der Waals surface area contributed by atoms with E-state index in [-0.39, 0.29) is 35.1 Å². The molecule has 0 bridgehead atoms. The minimum absolute atomic E-state index is 0.0785. The van der Waals surface area contributed by atoms with Gasteiger partial charge in [-0.05, 0) is 26.2 Å². The van der Waals surface area contributed by atoms with Gasteiger partial charge in [0.1, 0.15) is 5.69 Å². The number of likely N-dealkylation sites (N-methyl/N-ethyl adjacent to an activating group) is 1. The van der Waals surface area contributed by atoms with E-state index in [9.17, 15) is 14.4 Å². The molecule has 0 saturated heterocycles. The van der Waals surface area contributed by atoms with Crippen molar-refractivity contribution in [3.8, 4) is 0 Å². The van der Waals surface area contributed by atoms with Crippen LogP contribution in [0, 0.1) is 0 Å². The molecule has 32 heavy (non-hydrogen) atoms. The number of hydrogen-bond acceptors (Lipinski definition) is 6. The number of aromatic nitrogens is 5. The Morgan fingerprint density at radius 2 is 1.44 bits per heavy atom. The monoisotopic (exact) mass is 441 g/mol. The van der Waals surface area contributed by atoms with Gasteiger partial charge in [-0.3, -0.25) is 14.4 Å². The highest BCUT2D eigenvalue weighted by atomic mass is 16.2. The Labute approximate surface area is 185 Å². The molecule has 12 nitrogen and oxygen atoms in total. The van der Waals surface area contributed by atoms with E-state index < -0.39 is 5.91 Å². The van der Waals surface area contributed by atoms with E-state index >= 15 is 0 Å². The third-order valence-electron chi connectivity index (χ3n) is 4.66. The molecule has 0 unspecified atom stereocenters. The Hall–Kier alpha value is -3.93. The van der Waals surface area contributed by atoms with E-state index in [1.54, 1.807) is 50.2 Å². The number of imidazole rings is 2. The summed E-state index contributed by atoms with van der Waals surface area (Å²) in [5, 5.41) is 8.09. The van der Waals surface area contributed by atoms with Crippen LogP contribution >= 0.6 is 0 Å². The highest BCUT2D eigenvalue weighted by molar-refractivity contribution is 6.04. The zero-order valence-corrected chi connectivity index (χ0v) is 18.7. The van der Waals surface area contributed by atoms with E-state index in [4.69, 9.17) is 0 Å². The van der Waals surface area contributed by atoms with E-state index in [2.05, 4.69) is 25.9 Å². The summed E-state index contributed by atoms with van der Waals surface area (Å²) in [4.78, 5) is 47.7. The largest absolute Gasteiger partial charge is 0.348 e. The number of carbonyl (C=O) groups is 3. The first-order valence-corrected chi connectivity index (χ1v) is 9.89. The van der Waals surface area contributed by atoms with E-state index in [1.165, 1.54) is 15.3 Å². The van der Waals surface area contributed by atoms with Crippen molar-refractivity contribution in [2.24, 2.45) is 21.1 Å².